The van der Waals surface area contributed by atoms with Crippen molar-refractivity contribution in [1.29, 1.82) is 0 Å². The number of hydrogen-bond acceptors (Lipinski definition) is 6. The van der Waals surface area contributed by atoms with Crippen LogP contribution in [-0.2, 0) is 17.9 Å². The largest absolute Gasteiger partial charge is 0.489 e. The Labute approximate surface area is 229 Å². The highest BCUT2D eigenvalue weighted by Gasteiger charge is 2.24. The summed E-state index contributed by atoms with van der Waals surface area (Å²) < 4.78 is 18.7. The van der Waals surface area contributed by atoms with E-state index >= 15 is 0 Å². The molecule has 0 fully saturated rings. The van der Waals surface area contributed by atoms with E-state index in [1.807, 2.05) is 54.8 Å². The van der Waals surface area contributed by atoms with Gasteiger partial charge in [-0.3, -0.25) is 0 Å². The molecule has 0 aliphatic carbocycles. The van der Waals surface area contributed by atoms with Gasteiger partial charge in [0.15, 0.2) is 0 Å². The highest BCUT2D eigenvalue weighted by Crippen LogP contribution is 2.39. The van der Waals surface area contributed by atoms with Gasteiger partial charge in [0.05, 0.1) is 45.6 Å². The van der Waals surface area contributed by atoms with Crippen LogP contribution in [0.1, 0.15) is 47.0 Å². The van der Waals surface area contributed by atoms with Crippen LogP contribution in [0, 0.1) is 0 Å². The number of benzene rings is 3. The normalized spacial score (nSPS) is 11.3. The van der Waals surface area contributed by atoms with Crippen molar-refractivity contribution in [2.75, 3.05) is 7.11 Å². The summed E-state index contributed by atoms with van der Waals surface area (Å²) in [4.78, 5) is 16.4. The minimum absolute atomic E-state index is 0.0898. The second-order valence-electron chi connectivity index (χ2n) is 9.13. The molecule has 9 heteroatoms. The van der Waals surface area contributed by atoms with Crippen molar-refractivity contribution in [1.82, 2.24) is 14.7 Å². The highest BCUT2D eigenvalue weighted by atomic mass is 35.5. The summed E-state index contributed by atoms with van der Waals surface area (Å²) in [5.74, 6) is 1.10. The molecular formula is C29H25Cl2N3O4. The zero-order valence-electron chi connectivity index (χ0n) is 21.1. The van der Waals surface area contributed by atoms with Gasteiger partial charge in [-0.2, -0.15) is 0 Å². The molecule has 0 atom stereocenters. The molecular weight excluding hydrogens is 525 g/mol. The lowest BCUT2D eigenvalue weighted by molar-refractivity contribution is 0.0600. The fraction of sp³-hybridized carbons (Fsp3) is 0.207. The predicted octanol–water partition coefficient (Wildman–Crippen LogP) is 7.54. The Balaban J connectivity index is 1.39. The number of esters is 1. The molecule has 0 unspecified atom stereocenters. The van der Waals surface area contributed by atoms with Gasteiger partial charge in [0.1, 0.15) is 23.8 Å². The molecule has 7 nitrogen and oxygen atoms in total. The zero-order chi connectivity index (χ0) is 26.8. The molecule has 5 aromatic rings. The molecule has 0 radical (unpaired) electrons. The van der Waals surface area contributed by atoms with Crippen molar-refractivity contribution < 1.29 is 18.8 Å². The number of carbonyl (C=O) groups excluding carboxylic acids is 1. The van der Waals surface area contributed by atoms with E-state index in [4.69, 9.17) is 37.2 Å². The maximum Gasteiger partial charge on any atom is 0.337 e. The molecule has 3 aromatic carbocycles. The minimum Gasteiger partial charge on any atom is -0.489 e. The molecule has 0 amide bonds. The summed E-state index contributed by atoms with van der Waals surface area (Å²) in [6, 6.07) is 18.4. The average Bonchev–Trinajstić information content (AvgIpc) is 3.51. The molecule has 194 valence electrons. The van der Waals surface area contributed by atoms with Gasteiger partial charge >= 0.3 is 5.97 Å². The summed E-state index contributed by atoms with van der Waals surface area (Å²) in [5.41, 5.74) is 5.20. The summed E-state index contributed by atoms with van der Waals surface area (Å²) in [6.45, 7) is 4.84. The van der Waals surface area contributed by atoms with Crippen molar-refractivity contribution in [2.45, 2.75) is 32.9 Å². The van der Waals surface area contributed by atoms with Crippen LogP contribution < -0.4 is 4.74 Å². The molecule has 0 saturated carbocycles. The van der Waals surface area contributed by atoms with E-state index in [1.54, 1.807) is 30.6 Å². The quantitative estimate of drug-likeness (QED) is 0.186. The molecule has 2 aromatic heterocycles. The summed E-state index contributed by atoms with van der Waals surface area (Å²) in [5, 5.41) is 5.27. The van der Waals surface area contributed by atoms with Crippen LogP contribution >= 0.6 is 23.2 Å². The lowest BCUT2D eigenvalue weighted by Crippen LogP contribution is -2.04. The van der Waals surface area contributed by atoms with E-state index in [0.29, 0.717) is 39.2 Å². The smallest absolute Gasteiger partial charge is 0.337 e. The SMILES string of the molecule is COC(=O)c1cccc(Cn2cnc3cc(OCc4c(-c5c(Cl)cccc5Cl)noc4C(C)C)ccc32)c1. The Hall–Kier alpha value is -3.81. The fourth-order valence-corrected chi connectivity index (χ4v) is 4.94. The number of halogens is 2. The second kappa shape index (κ2) is 10.9. The maximum atomic E-state index is 11.9. The third-order valence-electron chi connectivity index (χ3n) is 6.22. The Morgan fingerprint density at radius 3 is 2.55 bits per heavy atom. The first-order valence-corrected chi connectivity index (χ1v) is 12.8. The topological polar surface area (TPSA) is 79.4 Å². The van der Waals surface area contributed by atoms with Gasteiger partial charge in [-0.25, -0.2) is 9.78 Å². The van der Waals surface area contributed by atoms with E-state index in [9.17, 15) is 4.79 Å². The van der Waals surface area contributed by atoms with Gasteiger partial charge < -0.3 is 18.6 Å². The fourth-order valence-electron chi connectivity index (χ4n) is 4.36. The lowest BCUT2D eigenvalue weighted by atomic mass is 10.0. The summed E-state index contributed by atoms with van der Waals surface area (Å²) in [6.07, 6.45) is 1.77. The number of imidazole rings is 1. The first-order valence-electron chi connectivity index (χ1n) is 12.0. The first-order chi connectivity index (χ1) is 18.4. The number of aromatic nitrogens is 3. The Morgan fingerprint density at radius 2 is 1.82 bits per heavy atom. The van der Waals surface area contributed by atoms with E-state index in [0.717, 1.165) is 27.9 Å². The van der Waals surface area contributed by atoms with Gasteiger partial charge in [0.2, 0.25) is 0 Å². The van der Waals surface area contributed by atoms with Gasteiger partial charge in [-0.15, -0.1) is 0 Å². The van der Waals surface area contributed by atoms with Crippen molar-refractivity contribution in [3.8, 4) is 17.0 Å². The third-order valence-corrected chi connectivity index (χ3v) is 6.85. The Morgan fingerprint density at radius 1 is 1.05 bits per heavy atom. The van der Waals surface area contributed by atoms with Gasteiger partial charge in [-0.1, -0.05) is 60.4 Å². The molecule has 38 heavy (non-hydrogen) atoms. The second-order valence-corrected chi connectivity index (χ2v) is 9.94. The van der Waals surface area contributed by atoms with E-state index < -0.39 is 0 Å². The van der Waals surface area contributed by atoms with Crippen LogP contribution in [-0.4, -0.2) is 27.8 Å². The molecule has 2 heterocycles. The van der Waals surface area contributed by atoms with Crippen LogP contribution in [0.4, 0.5) is 0 Å². The number of methoxy groups -OCH3 is 1. The van der Waals surface area contributed by atoms with Gasteiger partial charge in [0, 0.05) is 24.1 Å². The predicted molar refractivity (Wildman–Crippen MR) is 147 cm³/mol. The molecule has 0 spiro atoms. The van der Waals surface area contributed by atoms with Crippen molar-refractivity contribution in [3.63, 3.8) is 0 Å². The molecule has 5 rings (SSSR count). The molecule has 0 bridgehead atoms. The standard InChI is InChI=1S/C29H25Cl2N3O4/c1-17(2)28-21(27(33-38-28)26-22(30)8-5-9-23(26)31)15-37-20-10-11-25-24(13-20)32-16-34(25)14-18-6-4-7-19(12-18)29(35)36-3/h4-13,16-17H,14-15H2,1-3H3. The maximum absolute atomic E-state index is 11.9. The highest BCUT2D eigenvalue weighted by molar-refractivity contribution is 6.39. The zero-order valence-corrected chi connectivity index (χ0v) is 22.6. The number of fused-ring (bicyclic) bond motifs is 1. The van der Waals surface area contributed by atoms with Crippen LogP contribution in [0.15, 0.2) is 71.5 Å². The molecule has 0 saturated heterocycles. The Bertz CT molecular complexity index is 1600. The lowest BCUT2D eigenvalue weighted by Gasteiger charge is -2.11. The number of ether oxygens (including phenoxy) is 2. The van der Waals surface area contributed by atoms with Crippen molar-refractivity contribution in [3.05, 3.63) is 99.5 Å². The van der Waals surface area contributed by atoms with E-state index in [-0.39, 0.29) is 18.5 Å². The number of carbonyl (C=O) groups is 1. The van der Waals surface area contributed by atoms with Crippen molar-refractivity contribution >= 4 is 40.2 Å². The van der Waals surface area contributed by atoms with Crippen LogP contribution in [0.25, 0.3) is 22.3 Å². The van der Waals surface area contributed by atoms with Gasteiger partial charge in [0.25, 0.3) is 0 Å². The van der Waals surface area contributed by atoms with Gasteiger partial charge in [-0.05, 0) is 42.0 Å². The summed E-state index contributed by atoms with van der Waals surface area (Å²) >= 11 is 12.9. The first kappa shape index (κ1) is 25.8. The van der Waals surface area contributed by atoms with Crippen LogP contribution in [0.3, 0.4) is 0 Å². The van der Waals surface area contributed by atoms with E-state index in [2.05, 4.69) is 10.1 Å². The Kier molecular flexibility index (Phi) is 7.40. The number of nitrogens with zero attached hydrogens (tertiary/aromatic N) is 3. The molecule has 0 aliphatic rings. The van der Waals surface area contributed by atoms with Crippen molar-refractivity contribution in [2.24, 2.45) is 0 Å². The number of hydrogen-bond donors (Lipinski definition) is 0. The monoisotopic (exact) mass is 549 g/mol. The van der Waals surface area contributed by atoms with E-state index in [1.165, 1.54) is 7.11 Å². The third kappa shape index (κ3) is 5.12. The number of rotatable bonds is 8. The molecule has 0 N–H and O–H groups in total. The van der Waals surface area contributed by atoms with Crippen LogP contribution in [0.5, 0.6) is 5.75 Å². The minimum atomic E-state index is -0.363. The average molecular weight is 550 g/mol. The van der Waals surface area contributed by atoms with Crippen LogP contribution in [0.2, 0.25) is 10.0 Å². The summed E-state index contributed by atoms with van der Waals surface area (Å²) in [7, 11) is 1.37. The molecule has 0 aliphatic heterocycles.